The molecule has 98 valence electrons. The highest BCUT2D eigenvalue weighted by molar-refractivity contribution is 6.12. The third-order valence-corrected chi connectivity index (χ3v) is 5.05. The van der Waals surface area contributed by atoms with Crippen molar-refractivity contribution in [2.24, 2.45) is 17.8 Å². The maximum absolute atomic E-state index is 11.5. The largest absolute Gasteiger partial charge is 0.275 e. The van der Waals surface area contributed by atoms with Crippen molar-refractivity contribution < 1.29 is 9.59 Å². The van der Waals surface area contributed by atoms with Crippen LogP contribution >= 0.6 is 0 Å². The summed E-state index contributed by atoms with van der Waals surface area (Å²) in [5, 5.41) is 0. The molecule has 3 nitrogen and oxygen atoms in total. The summed E-state index contributed by atoms with van der Waals surface area (Å²) in [5.41, 5.74) is 0. The fourth-order valence-corrected chi connectivity index (χ4v) is 3.62. The minimum Gasteiger partial charge on any atom is -0.275 e. The second kappa shape index (κ2) is 4.87. The van der Waals surface area contributed by atoms with Crippen molar-refractivity contribution in [2.75, 3.05) is 6.54 Å². The van der Waals surface area contributed by atoms with Gasteiger partial charge in [0.1, 0.15) is 0 Å². The van der Waals surface area contributed by atoms with Gasteiger partial charge in [-0.3, -0.25) is 14.5 Å². The quantitative estimate of drug-likeness (QED) is 0.719. The Labute approximate surface area is 108 Å². The van der Waals surface area contributed by atoms with Gasteiger partial charge in [-0.25, -0.2) is 0 Å². The average Bonchev–Trinajstić information content (AvgIpc) is 2.61. The lowest BCUT2D eigenvalue weighted by molar-refractivity contribution is -0.137. The van der Waals surface area contributed by atoms with Gasteiger partial charge in [-0.05, 0) is 43.4 Å². The van der Waals surface area contributed by atoms with Crippen LogP contribution in [0.3, 0.4) is 0 Å². The molecule has 1 aliphatic heterocycles. The van der Waals surface area contributed by atoms with Gasteiger partial charge in [0.25, 0.3) is 11.8 Å². The number of rotatable bonds is 3. The van der Waals surface area contributed by atoms with Crippen molar-refractivity contribution in [3.05, 3.63) is 12.2 Å². The van der Waals surface area contributed by atoms with Gasteiger partial charge in [-0.15, -0.1) is 0 Å². The maximum Gasteiger partial charge on any atom is 0.253 e. The Kier molecular flexibility index (Phi) is 3.23. The van der Waals surface area contributed by atoms with E-state index in [-0.39, 0.29) is 11.8 Å². The summed E-state index contributed by atoms with van der Waals surface area (Å²) in [6, 6.07) is 0. The number of nitrogens with zero attached hydrogens (tertiary/aromatic N) is 1. The third-order valence-electron chi connectivity index (χ3n) is 5.05. The molecule has 2 fully saturated rings. The minimum absolute atomic E-state index is 0.124. The third kappa shape index (κ3) is 2.23. The van der Waals surface area contributed by atoms with Crippen LogP contribution in [0, 0.1) is 17.8 Å². The molecule has 0 atom stereocenters. The van der Waals surface area contributed by atoms with E-state index < -0.39 is 0 Å². The molecular weight excluding hydrogens is 226 g/mol. The zero-order valence-corrected chi connectivity index (χ0v) is 10.8. The van der Waals surface area contributed by atoms with E-state index in [2.05, 4.69) is 0 Å². The first-order valence-corrected chi connectivity index (χ1v) is 7.27. The molecule has 0 saturated heterocycles. The van der Waals surface area contributed by atoms with E-state index in [1.165, 1.54) is 62.0 Å². The Hall–Kier alpha value is -1.12. The second-order valence-electron chi connectivity index (χ2n) is 6.09. The number of hydrogen-bond donors (Lipinski definition) is 0. The van der Waals surface area contributed by atoms with Crippen LogP contribution in [-0.4, -0.2) is 23.3 Å². The molecule has 0 spiro atoms. The molecule has 0 unspecified atom stereocenters. The van der Waals surface area contributed by atoms with Crippen LogP contribution in [0.25, 0.3) is 0 Å². The zero-order valence-electron chi connectivity index (χ0n) is 10.8. The molecule has 1 heterocycles. The Morgan fingerprint density at radius 2 is 1.44 bits per heavy atom. The van der Waals surface area contributed by atoms with Gasteiger partial charge in [0.15, 0.2) is 0 Å². The van der Waals surface area contributed by atoms with Crippen molar-refractivity contribution in [2.45, 2.75) is 44.9 Å². The van der Waals surface area contributed by atoms with Gasteiger partial charge in [-0.1, -0.05) is 19.3 Å². The van der Waals surface area contributed by atoms with E-state index in [1.54, 1.807) is 0 Å². The first-order valence-electron chi connectivity index (χ1n) is 7.27. The van der Waals surface area contributed by atoms with Gasteiger partial charge in [0.05, 0.1) is 0 Å². The van der Waals surface area contributed by atoms with E-state index >= 15 is 0 Å². The summed E-state index contributed by atoms with van der Waals surface area (Å²) in [7, 11) is 0. The fourth-order valence-electron chi connectivity index (χ4n) is 3.62. The molecule has 0 aromatic heterocycles. The molecule has 0 radical (unpaired) electrons. The highest BCUT2D eigenvalue weighted by Gasteiger charge is 2.33. The predicted octanol–water partition coefficient (Wildman–Crippen LogP) is 2.52. The summed E-state index contributed by atoms with van der Waals surface area (Å²) < 4.78 is 0. The summed E-state index contributed by atoms with van der Waals surface area (Å²) >= 11 is 0. The molecule has 0 N–H and O–H groups in total. The maximum atomic E-state index is 11.5. The Bertz CT molecular complexity index is 358. The fraction of sp³-hybridized carbons (Fsp3) is 0.733. The van der Waals surface area contributed by atoms with Crippen LogP contribution < -0.4 is 0 Å². The minimum atomic E-state index is -0.124. The Balaban J connectivity index is 1.48. The molecule has 3 aliphatic rings. The average molecular weight is 247 g/mol. The van der Waals surface area contributed by atoms with Crippen LogP contribution in [0.15, 0.2) is 12.2 Å². The highest BCUT2D eigenvalue weighted by Crippen LogP contribution is 2.42. The standard InChI is InChI=1S/C15H21NO2/c17-14-8-9-15(18)16(14)10-11-4-6-13(7-5-11)12-2-1-3-12/h8-9,11-13H,1-7,10H2. The van der Waals surface area contributed by atoms with E-state index in [0.29, 0.717) is 12.5 Å². The van der Waals surface area contributed by atoms with Crippen LogP contribution in [0.4, 0.5) is 0 Å². The molecule has 3 heteroatoms. The van der Waals surface area contributed by atoms with Crippen molar-refractivity contribution in [3.63, 3.8) is 0 Å². The Morgan fingerprint density at radius 3 is 1.94 bits per heavy atom. The summed E-state index contributed by atoms with van der Waals surface area (Å²) in [5.74, 6) is 2.21. The van der Waals surface area contributed by atoms with Crippen molar-refractivity contribution in [1.82, 2.24) is 4.90 Å². The van der Waals surface area contributed by atoms with Crippen LogP contribution in [0.5, 0.6) is 0 Å². The molecule has 0 aromatic carbocycles. The van der Waals surface area contributed by atoms with E-state index in [1.807, 2.05) is 0 Å². The normalized spacial score (nSPS) is 33.0. The summed E-state index contributed by atoms with van der Waals surface area (Å²) in [6.07, 6.45) is 12.1. The van der Waals surface area contributed by atoms with Crippen LogP contribution in [0.2, 0.25) is 0 Å². The van der Waals surface area contributed by atoms with Gasteiger partial charge < -0.3 is 0 Å². The number of carbonyl (C=O) groups excluding carboxylic acids is 2. The summed E-state index contributed by atoms with van der Waals surface area (Å²) in [6.45, 7) is 0.641. The molecule has 0 bridgehead atoms. The highest BCUT2D eigenvalue weighted by atomic mass is 16.2. The lowest BCUT2D eigenvalue weighted by atomic mass is 9.68. The topological polar surface area (TPSA) is 37.4 Å². The van der Waals surface area contributed by atoms with Crippen molar-refractivity contribution >= 4 is 11.8 Å². The first-order chi connectivity index (χ1) is 8.74. The number of amides is 2. The molecule has 2 aliphatic carbocycles. The molecule has 2 saturated carbocycles. The van der Waals surface area contributed by atoms with Crippen LogP contribution in [0.1, 0.15) is 44.9 Å². The summed E-state index contributed by atoms with van der Waals surface area (Å²) in [4.78, 5) is 24.4. The van der Waals surface area contributed by atoms with Crippen LogP contribution in [-0.2, 0) is 9.59 Å². The molecule has 3 rings (SSSR count). The van der Waals surface area contributed by atoms with E-state index in [4.69, 9.17) is 0 Å². The Morgan fingerprint density at radius 1 is 0.889 bits per heavy atom. The molecular formula is C15H21NO2. The van der Waals surface area contributed by atoms with Gasteiger partial charge >= 0.3 is 0 Å². The molecule has 2 amide bonds. The van der Waals surface area contributed by atoms with E-state index in [9.17, 15) is 9.59 Å². The van der Waals surface area contributed by atoms with Gasteiger partial charge in [0, 0.05) is 18.7 Å². The molecule has 0 aromatic rings. The van der Waals surface area contributed by atoms with E-state index in [0.717, 1.165) is 11.8 Å². The number of hydrogen-bond acceptors (Lipinski definition) is 2. The van der Waals surface area contributed by atoms with Gasteiger partial charge in [0.2, 0.25) is 0 Å². The lowest BCUT2D eigenvalue weighted by Gasteiger charge is -2.39. The van der Waals surface area contributed by atoms with Gasteiger partial charge in [-0.2, -0.15) is 0 Å². The van der Waals surface area contributed by atoms with Crippen molar-refractivity contribution in [1.29, 1.82) is 0 Å². The monoisotopic (exact) mass is 247 g/mol. The smallest absolute Gasteiger partial charge is 0.253 e. The first kappa shape index (κ1) is 11.9. The number of imide groups is 1. The number of carbonyl (C=O) groups is 2. The zero-order chi connectivity index (χ0) is 12.5. The SMILES string of the molecule is O=C1C=CC(=O)N1CC1CCC(C2CCC2)CC1. The van der Waals surface area contributed by atoms with Crippen molar-refractivity contribution in [3.8, 4) is 0 Å². The molecule has 18 heavy (non-hydrogen) atoms. The lowest BCUT2D eigenvalue weighted by Crippen LogP contribution is -2.37. The predicted molar refractivity (Wildman–Crippen MR) is 68.6 cm³/mol. The second-order valence-corrected chi connectivity index (χ2v) is 6.09.